The Labute approximate surface area is 120 Å². The second-order valence-corrected chi connectivity index (χ2v) is 4.43. The van der Waals surface area contributed by atoms with Crippen LogP contribution in [0.5, 0.6) is 0 Å². The number of aromatic nitrogens is 1. The molecular formula is C12H18F3N5O. The molecule has 1 aromatic rings. The Bertz CT molecular complexity index is 490. The van der Waals surface area contributed by atoms with Gasteiger partial charge in [-0.05, 0) is 12.1 Å². The standard InChI is InChI=1S/C12H18F3N5O/c1-16-9-6-8(12(13,14)15)7-10(19-9)17-4-5-18-11(21)20(2)3/h6-7H,4-5H2,1-3H3,(H,18,21)(H2,16,17,19). The molecule has 0 aliphatic heterocycles. The maximum atomic E-state index is 12.7. The molecule has 0 spiro atoms. The molecule has 1 heterocycles. The molecule has 0 aliphatic carbocycles. The Morgan fingerprint density at radius 1 is 1.24 bits per heavy atom. The van der Waals surface area contributed by atoms with Crippen LogP contribution in [-0.4, -0.2) is 50.1 Å². The van der Waals surface area contributed by atoms with E-state index in [1.54, 1.807) is 14.1 Å². The van der Waals surface area contributed by atoms with Crippen LogP contribution in [0.4, 0.5) is 29.6 Å². The summed E-state index contributed by atoms with van der Waals surface area (Å²) in [6, 6.07) is 1.58. The fraction of sp³-hybridized carbons (Fsp3) is 0.500. The van der Waals surface area contributed by atoms with E-state index in [1.807, 2.05) is 0 Å². The van der Waals surface area contributed by atoms with Crippen molar-refractivity contribution in [3.05, 3.63) is 17.7 Å². The van der Waals surface area contributed by atoms with Gasteiger partial charge in [0.05, 0.1) is 5.56 Å². The molecular weight excluding hydrogens is 287 g/mol. The van der Waals surface area contributed by atoms with Crippen LogP contribution in [0.25, 0.3) is 0 Å². The number of anilines is 2. The number of nitrogens with one attached hydrogen (secondary N) is 3. The van der Waals surface area contributed by atoms with Gasteiger partial charge in [0.25, 0.3) is 0 Å². The first kappa shape index (κ1) is 16.9. The summed E-state index contributed by atoms with van der Waals surface area (Å²) in [6.07, 6.45) is -4.44. The van der Waals surface area contributed by atoms with Crippen LogP contribution in [-0.2, 0) is 6.18 Å². The molecule has 0 aromatic carbocycles. The van der Waals surface area contributed by atoms with Crippen molar-refractivity contribution >= 4 is 17.7 Å². The van der Waals surface area contributed by atoms with Crippen molar-refractivity contribution in [2.24, 2.45) is 0 Å². The number of halogens is 3. The van der Waals surface area contributed by atoms with Gasteiger partial charge in [0.15, 0.2) is 0 Å². The molecule has 118 valence electrons. The Hall–Kier alpha value is -2.19. The number of hydrogen-bond donors (Lipinski definition) is 3. The molecule has 2 amide bonds. The highest BCUT2D eigenvalue weighted by Gasteiger charge is 2.31. The van der Waals surface area contributed by atoms with Crippen LogP contribution in [0.15, 0.2) is 12.1 Å². The van der Waals surface area contributed by atoms with Gasteiger partial charge in [0.2, 0.25) is 0 Å². The maximum Gasteiger partial charge on any atom is 0.416 e. The van der Waals surface area contributed by atoms with Crippen molar-refractivity contribution in [1.29, 1.82) is 0 Å². The van der Waals surface area contributed by atoms with E-state index in [9.17, 15) is 18.0 Å². The quantitative estimate of drug-likeness (QED) is 0.726. The predicted octanol–water partition coefficient (Wildman–Crippen LogP) is 1.83. The molecule has 0 radical (unpaired) electrons. The van der Waals surface area contributed by atoms with Gasteiger partial charge in [-0.1, -0.05) is 0 Å². The number of rotatable bonds is 5. The van der Waals surface area contributed by atoms with Crippen molar-refractivity contribution in [1.82, 2.24) is 15.2 Å². The van der Waals surface area contributed by atoms with Gasteiger partial charge in [-0.2, -0.15) is 13.2 Å². The fourth-order valence-electron chi connectivity index (χ4n) is 1.43. The maximum absolute atomic E-state index is 12.7. The summed E-state index contributed by atoms with van der Waals surface area (Å²) >= 11 is 0. The van der Waals surface area contributed by atoms with Gasteiger partial charge < -0.3 is 20.9 Å². The first-order valence-electron chi connectivity index (χ1n) is 6.20. The monoisotopic (exact) mass is 305 g/mol. The van der Waals surface area contributed by atoms with Gasteiger partial charge in [-0.3, -0.25) is 0 Å². The first-order valence-corrected chi connectivity index (χ1v) is 6.20. The van der Waals surface area contributed by atoms with Gasteiger partial charge in [0, 0.05) is 34.2 Å². The lowest BCUT2D eigenvalue weighted by Gasteiger charge is -2.14. The van der Waals surface area contributed by atoms with Gasteiger partial charge in [0.1, 0.15) is 11.6 Å². The van der Waals surface area contributed by atoms with Crippen LogP contribution < -0.4 is 16.0 Å². The number of carbonyl (C=O) groups is 1. The Kier molecular flexibility index (Phi) is 5.62. The number of hydrogen-bond acceptors (Lipinski definition) is 4. The second-order valence-electron chi connectivity index (χ2n) is 4.43. The highest BCUT2D eigenvalue weighted by molar-refractivity contribution is 5.73. The number of nitrogens with zero attached hydrogens (tertiary/aromatic N) is 2. The van der Waals surface area contributed by atoms with E-state index in [2.05, 4.69) is 20.9 Å². The van der Waals surface area contributed by atoms with E-state index >= 15 is 0 Å². The first-order chi connectivity index (χ1) is 9.74. The topological polar surface area (TPSA) is 69.3 Å². The summed E-state index contributed by atoms with van der Waals surface area (Å²) in [5.74, 6) is 0.206. The number of alkyl halides is 3. The third kappa shape index (κ3) is 5.36. The lowest BCUT2D eigenvalue weighted by Crippen LogP contribution is -2.37. The molecule has 3 N–H and O–H groups in total. The van der Waals surface area contributed by atoms with Crippen LogP contribution in [0.3, 0.4) is 0 Å². The van der Waals surface area contributed by atoms with Crippen molar-refractivity contribution in [3.63, 3.8) is 0 Å². The zero-order valence-corrected chi connectivity index (χ0v) is 12.0. The third-order valence-corrected chi connectivity index (χ3v) is 2.52. The minimum atomic E-state index is -4.44. The van der Waals surface area contributed by atoms with E-state index in [-0.39, 0.29) is 30.8 Å². The summed E-state index contributed by atoms with van der Waals surface area (Å²) in [7, 11) is 4.68. The molecule has 21 heavy (non-hydrogen) atoms. The molecule has 0 saturated heterocycles. The number of carbonyl (C=O) groups excluding carboxylic acids is 1. The summed E-state index contributed by atoms with van der Waals surface area (Å²) < 4.78 is 38.2. The summed E-state index contributed by atoms with van der Waals surface area (Å²) in [5.41, 5.74) is -0.790. The fourth-order valence-corrected chi connectivity index (χ4v) is 1.43. The Balaban J connectivity index is 2.64. The van der Waals surface area contributed by atoms with Crippen molar-refractivity contribution in [3.8, 4) is 0 Å². The highest BCUT2D eigenvalue weighted by Crippen LogP contribution is 2.31. The van der Waals surface area contributed by atoms with Crippen molar-refractivity contribution < 1.29 is 18.0 Å². The molecule has 0 bridgehead atoms. The molecule has 1 rings (SSSR count). The minimum Gasteiger partial charge on any atom is -0.373 e. The summed E-state index contributed by atoms with van der Waals surface area (Å²) in [6.45, 7) is 0.529. The van der Waals surface area contributed by atoms with E-state index in [1.165, 1.54) is 11.9 Å². The molecule has 9 heteroatoms. The average molecular weight is 305 g/mol. The molecule has 0 atom stereocenters. The number of pyridine rings is 1. The van der Waals surface area contributed by atoms with Gasteiger partial charge in [-0.25, -0.2) is 9.78 Å². The predicted molar refractivity (Wildman–Crippen MR) is 74.4 cm³/mol. The van der Waals surface area contributed by atoms with E-state index in [0.717, 1.165) is 12.1 Å². The number of urea groups is 1. The minimum absolute atomic E-state index is 0.0910. The number of amides is 2. The third-order valence-electron chi connectivity index (χ3n) is 2.52. The van der Waals surface area contributed by atoms with Crippen LogP contribution in [0.2, 0.25) is 0 Å². The summed E-state index contributed by atoms with van der Waals surface area (Å²) in [4.78, 5) is 16.6. The smallest absolute Gasteiger partial charge is 0.373 e. The SMILES string of the molecule is CNc1cc(C(F)(F)F)cc(NCCNC(=O)N(C)C)n1. The zero-order chi connectivity index (χ0) is 16.0. The van der Waals surface area contributed by atoms with Gasteiger partial charge in [-0.15, -0.1) is 0 Å². The Morgan fingerprint density at radius 2 is 1.86 bits per heavy atom. The molecule has 0 fully saturated rings. The highest BCUT2D eigenvalue weighted by atomic mass is 19.4. The van der Waals surface area contributed by atoms with Crippen LogP contribution >= 0.6 is 0 Å². The molecule has 0 unspecified atom stereocenters. The molecule has 6 nitrogen and oxygen atoms in total. The molecule has 0 saturated carbocycles. The average Bonchev–Trinajstić information content (AvgIpc) is 2.41. The lowest BCUT2D eigenvalue weighted by molar-refractivity contribution is -0.137. The van der Waals surface area contributed by atoms with Crippen LogP contribution in [0.1, 0.15) is 5.56 Å². The lowest BCUT2D eigenvalue weighted by atomic mass is 10.2. The largest absolute Gasteiger partial charge is 0.416 e. The van der Waals surface area contributed by atoms with Crippen LogP contribution in [0, 0.1) is 0 Å². The van der Waals surface area contributed by atoms with E-state index in [0.29, 0.717) is 0 Å². The van der Waals surface area contributed by atoms with E-state index in [4.69, 9.17) is 0 Å². The van der Waals surface area contributed by atoms with Crippen molar-refractivity contribution in [2.75, 3.05) is 44.9 Å². The van der Waals surface area contributed by atoms with Crippen molar-refractivity contribution in [2.45, 2.75) is 6.18 Å². The Morgan fingerprint density at radius 3 is 2.38 bits per heavy atom. The summed E-state index contributed by atoms with van der Waals surface area (Å²) in [5, 5.41) is 7.90. The molecule has 1 aromatic heterocycles. The second kappa shape index (κ2) is 7.00. The van der Waals surface area contributed by atoms with Gasteiger partial charge >= 0.3 is 12.2 Å². The zero-order valence-electron chi connectivity index (χ0n) is 12.0. The van der Waals surface area contributed by atoms with E-state index < -0.39 is 11.7 Å². The normalized spacial score (nSPS) is 11.0. The molecule has 0 aliphatic rings.